The number of unbranched alkanes of at least 4 members (excludes halogenated alkanes) is 2. The molecular weight excluding hydrogens is 300 g/mol. The van der Waals surface area contributed by atoms with Crippen LogP contribution in [0.5, 0.6) is 0 Å². The molecular formula is C16H26N2O3S. The van der Waals surface area contributed by atoms with E-state index in [2.05, 4.69) is 17.6 Å². The van der Waals surface area contributed by atoms with Gasteiger partial charge in [0.2, 0.25) is 0 Å². The van der Waals surface area contributed by atoms with Gasteiger partial charge in [-0.3, -0.25) is 0 Å². The lowest BCUT2D eigenvalue weighted by molar-refractivity contribution is 0.248. The van der Waals surface area contributed by atoms with Crippen molar-refractivity contribution in [3.63, 3.8) is 0 Å². The first kappa shape index (κ1) is 18.5. The lowest BCUT2D eigenvalue weighted by Gasteiger charge is -2.16. The molecule has 1 rings (SSSR count). The highest BCUT2D eigenvalue weighted by Gasteiger charge is 2.12. The van der Waals surface area contributed by atoms with E-state index in [-0.39, 0.29) is 17.0 Å². The second-order valence-corrected chi connectivity index (χ2v) is 7.76. The number of carbonyl (C=O) groups excluding carboxylic acids is 1. The Morgan fingerprint density at radius 1 is 1.27 bits per heavy atom. The molecule has 6 heteroatoms. The highest BCUT2D eigenvalue weighted by molar-refractivity contribution is 7.90. The molecule has 0 aliphatic heterocycles. The zero-order valence-electron chi connectivity index (χ0n) is 13.8. The van der Waals surface area contributed by atoms with Crippen LogP contribution in [0.15, 0.2) is 23.1 Å². The van der Waals surface area contributed by atoms with E-state index in [1.807, 2.05) is 13.8 Å². The van der Waals surface area contributed by atoms with Gasteiger partial charge in [0.05, 0.1) is 4.90 Å². The van der Waals surface area contributed by atoms with Crippen LogP contribution in [0.25, 0.3) is 0 Å². The van der Waals surface area contributed by atoms with Crippen LogP contribution in [0.3, 0.4) is 0 Å². The van der Waals surface area contributed by atoms with Gasteiger partial charge >= 0.3 is 6.03 Å². The van der Waals surface area contributed by atoms with Crippen LogP contribution < -0.4 is 10.6 Å². The third-order valence-electron chi connectivity index (χ3n) is 3.50. The number of hydrogen-bond acceptors (Lipinski definition) is 3. The number of carbonyl (C=O) groups is 1. The average Bonchev–Trinajstić information content (AvgIpc) is 2.40. The largest absolute Gasteiger partial charge is 0.335 e. The first-order valence-electron chi connectivity index (χ1n) is 7.62. The van der Waals surface area contributed by atoms with Crippen molar-refractivity contribution in [3.8, 4) is 0 Å². The molecule has 0 radical (unpaired) electrons. The molecule has 2 N–H and O–H groups in total. The first-order chi connectivity index (χ1) is 10.2. The summed E-state index contributed by atoms with van der Waals surface area (Å²) in [5.41, 5.74) is 1.34. The van der Waals surface area contributed by atoms with Gasteiger partial charge in [0, 0.05) is 18.0 Å². The predicted octanol–water partition coefficient (Wildman–Crippen LogP) is 3.49. The quantitative estimate of drug-likeness (QED) is 0.753. The Morgan fingerprint density at radius 3 is 2.55 bits per heavy atom. The minimum atomic E-state index is -3.29. The standard InChI is InChI=1S/C16H26N2O3S/c1-5-6-7-8-13(3)17-16(19)18-15-11-14(22(4,20)21)10-9-12(15)2/h9-11,13H,5-8H2,1-4H3,(H2,17,18,19)/t13-/m0/s1. The summed E-state index contributed by atoms with van der Waals surface area (Å²) in [4.78, 5) is 12.2. The normalized spacial score (nSPS) is 12.7. The van der Waals surface area contributed by atoms with Crippen LogP contribution in [0.2, 0.25) is 0 Å². The number of urea groups is 1. The number of sulfone groups is 1. The van der Waals surface area contributed by atoms with E-state index < -0.39 is 9.84 Å². The van der Waals surface area contributed by atoms with Crippen molar-refractivity contribution in [2.24, 2.45) is 0 Å². The van der Waals surface area contributed by atoms with Gasteiger partial charge in [0.1, 0.15) is 0 Å². The van der Waals surface area contributed by atoms with Crippen LogP contribution in [0.1, 0.15) is 45.1 Å². The van der Waals surface area contributed by atoms with Crippen molar-refractivity contribution in [3.05, 3.63) is 23.8 Å². The fourth-order valence-electron chi connectivity index (χ4n) is 2.12. The zero-order chi connectivity index (χ0) is 16.8. The Labute approximate surface area is 133 Å². The van der Waals surface area contributed by atoms with Gasteiger partial charge < -0.3 is 10.6 Å². The molecule has 1 aromatic carbocycles. The number of hydrogen-bond donors (Lipinski definition) is 2. The summed E-state index contributed by atoms with van der Waals surface area (Å²) < 4.78 is 23.2. The van der Waals surface area contributed by atoms with Crippen LogP contribution in [0, 0.1) is 6.92 Å². The summed E-state index contributed by atoms with van der Waals surface area (Å²) in [6.45, 7) is 5.93. The number of aryl methyl sites for hydroxylation is 1. The molecule has 0 spiro atoms. The average molecular weight is 326 g/mol. The number of rotatable bonds is 7. The second kappa shape index (κ2) is 8.17. The first-order valence-corrected chi connectivity index (χ1v) is 9.51. The third kappa shape index (κ3) is 6.05. The molecule has 1 atom stereocenters. The van der Waals surface area contributed by atoms with Gasteiger partial charge in [0.25, 0.3) is 0 Å². The molecule has 5 nitrogen and oxygen atoms in total. The van der Waals surface area contributed by atoms with Gasteiger partial charge in [-0.25, -0.2) is 13.2 Å². The van der Waals surface area contributed by atoms with Crippen molar-refractivity contribution in [2.45, 2.75) is 57.4 Å². The Kier molecular flexibility index (Phi) is 6.87. The van der Waals surface area contributed by atoms with Crippen molar-refractivity contribution in [1.82, 2.24) is 5.32 Å². The SMILES string of the molecule is CCCCC[C@H](C)NC(=O)Nc1cc(S(C)(=O)=O)ccc1C. The maximum absolute atomic E-state index is 12.0. The Hall–Kier alpha value is -1.56. The third-order valence-corrected chi connectivity index (χ3v) is 4.61. The van der Waals surface area contributed by atoms with E-state index in [4.69, 9.17) is 0 Å². The van der Waals surface area contributed by atoms with Crippen molar-refractivity contribution in [1.29, 1.82) is 0 Å². The van der Waals surface area contributed by atoms with Crippen LogP contribution in [-0.2, 0) is 9.84 Å². The fraction of sp³-hybridized carbons (Fsp3) is 0.562. The van der Waals surface area contributed by atoms with Gasteiger partial charge in [-0.2, -0.15) is 0 Å². The maximum atomic E-state index is 12.0. The lowest BCUT2D eigenvalue weighted by Crippen LogP contribution is -2.36. The van der Waals surface area contributed by atoms with Crippen molar-refractivity contribution >= 4 is 21.6 Å². The monoisotopic (exact) mass is 326 g/mol. The number of amides is 2. The number of anilines is 1. The molecule has 0 saturated carbocycles. The highest BCUT2D eigenvalue weighted by atomic mass is 32.2. The molecule has 0 aromatic heterocycles. The Bertz CT molecular complexity index is 612. The molecule has 0 unspecified atom stereocenters. The molecule has 0 saturated heterocycles. The predicted molar refractivity (Wildman–Crippen MR) is 90.0 cm³/mol. The summed E-state index contributed by atoms with van der Waals surface area (Å²) in [6, 6.07) is 4.51. The van der Waals surface area contributed by atoms with Gasteiger partial charge in [0.15, 0.2) is 9.84 Å². The minimum Gasteiger partial charge on any atom is -0.335 e. The second-order valence-electron chi connectivity index (χ2n) is 5.74. The van der Waals surface area contributed by atoms with Crippen LogP contribution in [-0.4, -0.2) is 26.7 Å². The van der Waals surface area contributed by atoms with E-state index in [1.54, 1.807) is 12.1 Å². The van der Waals surface area contributed by atoms with Crippen LogP contribution in [0.4, 0.5) is 10.5 Å². The van der Waals surface area contributed by atoms with Gasteiger partial charge in [-0.15, -0.1) is 0 Å². The minimum absolute atomic E-state index is 0.0879. The van der Waals surface area contributed by atoms with E-state index in [0.717, 1.165) is 37.5 Å². The molecule has 0 fully saturated rings. The number of nitrogens with one attached hydrogen (secondary N) is 2. The van der Waals surface area contributed by atoms with E-state index in [9.17, 15) is 13.2 Å². The maximum Gasteiger partial charge on any atom is 0.319 e. The van der Waals surface area contributed by atoms with E-state index in [1.165, 1.54) is 6.07 Å². The van der Waals surface area contributed by atoms with Gasteiger partial charge in [-0.05, 0) is 38.0 Å². The van der Waals surface area contributed by atoms with Crippen LogP contribution >= 0.6 is 0 Å². The van der Waals surface area contributed by atoms with Crippen molar-refractivity contribution < 1.29 is 13.2 Å². The molecule has 0 aliphatic carbocycles. The zero-order valence-corrected chi connectivity index (χ0v) is 14.6. The molecule has 0 bridgehead atoms. The summed E-state index contributed by atoms with van der Waals surface area (Å²) in [7, 11) is -3.29. The lowest BCUT2D eigenvalue weighted by atomic mass is 10.1. The smallest absolute Gasteiger partial charge is 0.319 e. The molecule has 22 heavy (non-hydrogen) atoms. The van der Waals surface area contributed by atoms with E-state index in [0.29, 0.717) is 5.69 Å². The number of benzene rings is 1. The summed E-state index contributed by atoms with van der Waals surface area (Å²) in [5.74, 6) is 0. The highest BCUT2D eigenvalue weighted by Crippen LogP contribution is 2.20. The van der Waals surface area contributed by atoms with Gasteiger partial charge in [-0.1, -0.05) is 32.3 Å². The van der Waals surface area contributed by atoms with E-state index >= 15 is 0 Å². The Balaban J connectivity index is 2.68. The fourth-order valence-corrected chi connectivity index (χ4v) is 2.77. The molecule has 0 aliphatic rings. The van der Waals surface area contributed by atoms with Crippen molar-refractivity contribution in [2.75, 3.05) is 11.6 Å². The Morgan fingerprint density at radius 2 is 1.95 bits per heavy atom. The molecule has 124 valence electrons. The molecule has 1 aromatic rings. The summed E-state index contributed by atoms with van der Waals surface area (Å²) >= 11 is 0. The topological polar surface area (TPSA) is 75.3 Å². The summed E-state index contributed by atoms with van der Waals surface area (Å²) in [5, 5.41) is 5.60. The molecule has 2 amide bonds. The molecule has 0 heterocycles. The summed E-state index contributed by atoms with van der Waals surface area (Å²) in [6.07, 6.45) is 5.47.